The van der Waals surface area contributed by atoms with Crippen LogP contribution in [0.5, 0.6) is 0 Å². The van der Waals surface area contributed by atoms with E-state index in [1.165, 1.54) is 0 Å². The fourth-order valence-corrected chi connectivity index (χ4v) is 2.93. The highest BCUT2D eigenvalue weighted by Gasteiger charge is 2.39. The van der Waals surface area contributed by atoms with Gasteiger partial charge >= 0.3 is 5.97 Å². The molecule has 1 fully saturated rings. The largest absolute Gasteiger partial charge is 0.481 e. The number of carbonyl (C=O) groups excluding carboxylic acids is 1. The summed E-state index contributed by atoms with van der Waals surface area (Å²) in [5, 5.41) is 9.53. The number of hydrogen-bond donors (Lipinski definition) is 1. The molecule has 0 saturated carbocycles. The number of hydrogen-bond acceptors (Lipinski definition) is 3. The van der Waals surface area contributed by atoms with Gasteiger partial charge < -0.3 is 14.6 Å². The van der Waals surface area contributed by atoms with Crippen LogP contribution in [0.25, 0.3) is 0 Å². The smallest absolute Gasteiger partial charge is 0.309 e. The number of aromatic nitrogens is 2. The molecule has 110 valence electrons. The van der Waals surface area contributed by atoms with Gasteiger partial charge in [0.25, 0.3) is 0 Å². The number of aryl methyl sites for hydroxylation is 1. The molecule has 0 aliphatic carbocycles. The second-order valence-corrected chi connectivity index (χ2v) is 5.30. The van der Waals surface area contributed by atoms with E-state index in [0.29, 0.717) is 25.8 Å². The summed E-state index contributed by atoms with van der Waals surface area (Å²) < 4.78 is 1.81. The summed E-state index contributed by atoms with van der Waals surface area (Å²) in [5.41, 5.74) is 0.793. The molecule has 1 aliphatic heterocycles. The lowest BCUT2D eigenvalue weighted by molar-refractivity contribution is -0.146. The van der Waals surface area contributed by atoms with E-state index in [1.807, 2.05) is 18.5 Å². The van der Waals surface area contributed by atoms with Crippen molar-refractivity contribution < 1.29 is 14.7 Å². The third-order valence-electron chi connectivity index (χ3n) is 3.88. The number of rotatable bonds is 4. The van der Waals surface area contributed by atoms with Crippen molar-refractivity contribution in [1.82, 2.24) is 14.5 Å². The highest BCUT2D eigenvalue weighted by atomic mass is 16.4. The van der Waals surface area contributed by atoms with Crippen molar-refractivity contribution in [2.45, 2.75) is 38.6 Å². The van der Waals surface area contributed by atoms with E-state index in [0.717, 1.165) is 12.1 Å². The zero-order valence-electron chi connectivity index (χ0n) is 12.0. The minimum atomic E-state index is -0.841. The number of amides is 1. The minimum absolute atomic E-state index is 0.0433. The van der Waals surface area contributed by atoms with E-state index in [-0.39, 0.29) is 5.91 Å². The number of carboxylic acid groups (broad SMARTS) is 1. The van der Waals surface area contributed by atoms with Gasteiger partial charge in [-0.1, -0.05) is 6.92 Å². The molecule has 6 heteroatoms. The van der Waals surface area contributed by atoms with Crippen LogP contribution in [0.3, 0.4) is 0 Å². The lowest BCUT2D eigenvalue weighted by Gasteiger charge is -2.33. The highest BCUT2D eigenvalue weighted by molar-refractivity contribution is 5.79. The maximum atomic E-state index is 12.3. The van der Waals surface area contributed by atoms with Crippen LogP contribution >= 0.6 is 0 Å². The molecular weight excluding hydrogens is 258 g/mol. The monoisotopic (exact) mass is 279 g/mol. The van der Waals surface area contributed by atoms with Crippen LogP contribution in [-0.2, 0) is 16.6 Å². The van der Waals surface area contributed by atoms with Gasteiger partial charge in [-0.05, 0) is 19.3 Å². The average Bonchev–Trinajstić information content (AvgIpc) is 2.74. The Morgan fingerprint density at radius 1 is 1.55 bits per heavy atom. The predicted molar refractivity (Wildman–Crippen MR) is 72.9 cm³/mol. The lowest BCUT2D eigenvalue weighted by atomic mass is 9.92. The summed E-state index contributed by atoms with van der Waals surface area (Å²) in [4.78, 5) is 29.7. The number of aliphatic carboxylic acids is 1. The average molecular weight is 279 g/mol. The first-order valence-corrected chi connectivity index (χ1v) is 7.04. The van der Waals surface area contributed by atoms with Crippen molar-refractivity contribution in [3.05, 3.63) is 18.2 Å². The van der Waals surface area contributed by atoms with Crippen LogP contribution in [0, 0.1) is 5.92 Å². The van der Waals surface area contributed by atoms with E-state index in [1.54, 1.807) is 17.4 Å². The molecule has 0 spiro atoms. The second-order valence-electron chi connectivity index (χ2n) is 5.30. The van der Waals surface area contributed by atoms with Gasteiger partial charge in [0, 0.05) is 20.0 Å². The molecule has 0 radical (unpaired) electrons. The van der Waals surface area contributed by atoms with Gasteiger partial charge in [-0.25, -0.2) is 4.98 Å². The van der Waals surface area contributed by atoms with Crippen molar-refractivity contribution in [2.24, 2.45) is 13.0 Å². The molecule has 6 nitrogen and oxygen atoms in total. The highest BCUT2D eigenvalue weighted by Crippen LogP contribution is 2.35. The fourth-order valence-electron chi connectivity index (χ4n) is 2.93. The molecule has 1 amide bonds. The summed E-state index contributed by atoms with van der Waals surface area (Å²) >= 11 is 0. The predicted octanol–water partition coefficient (Wildman–Crippen LogP) is 1.58. The maximum absolute atomic E-state index is 12.3. The fraction of sp³-hybridized carbons (Fsp3) is 0.643. The zero-order valence-corrected chi connectivity index (χ0v) is 12.0. The molecule has 2 rings (SSSR count). The Morgan fingerprint density at radius 2 is 2.30 bits per heavy atom. The summed E-state index contributed by atoms with van der Waals surface area (Å²) in [6.45, 7) is 2.58. The Labute approximate surface area is 118 Å². The first-order chi connectivity index (χ1) is 9.56. The van der Waals surface area contributed by atoms with Gasteiger partial charge in [-0.3, -0.25) is 9.59 Å². The lowest BCUT2D eigenvalue weighted by Crippen LogP contribution is -2.40. The number of likely N-dealkylation sites (tertiary alicyclic amines) is 1. The molecule has 0 aromatic carbocycles. The first kappa shape index (κ1) is 14.6. The molecule has 2 atom stereocenters. The molecule has 1 aromatic heterocycles. The van der Waals surface area contributed by atoms with Crippen LogP contribution in [-0.4, -0.2) is 38.0 Å². The third-order valence-corrected chi connectivity index (χ3v) is 3.88. The molecule has 1 aliphatic rings. The van der Waals surface area contributed by atoms with E-state index in [2.05, 4.69) is 4.98 Å². The molecule has 1 N–H and O–H groups in total. The van der Waals surface area contributed by atoms with Crippen LogP contribution in [0.4, 0.5) is 0 Å². The van der Waals surface area contributed by atoms with Gasteiger partial charge in [0.2, 0.25) is 5.91 Å². The van der Waals surface area contributed by atoms with E-state index in [9.17, 15) is 14.7 Å². The first-order valence-electron chi connectivity index (χ1n) is 7.04. The molecule has 2 heterocycles. The van der Waals surface area contributed by atoms with Gasteiger partial charge in [-0.2, -0.15) is 0 Å². The van der Waals surface area contributed by atoms with E-state index >= 15 is 0 Å². The topological polar surface area (TPSA) is 75.4 Å². The van der Waals surface area contributed by atoms with Gasteiger partial charge in [0.05, 0.1) is 30.2 Å². The van der Waals surface area contributed by atoms with Crippen molar-refractivity contribution in [2.75, 3.05) is 6.54 Å². The summed E-state index contributed by atoms with van der Waals surface area (Å²) in [6.07, 6.45) is 5.71. The Bertz CT molecular complexity index is 498. The molecule has 2 unspecified atom stereocenters. The van der Waals surface area contributed by atoms with Crippen molar-refractivity contribution in [1.29, 1.82) is 0 Å². The molecule has 1 aromatic rings. The molecule has 0 bridgehead atoms. The Hall–Kier alpha value is -1.85. The number of carbonyl (C=O) groups is 2. The maximum Gasteiger partial charge on any atom is 0.309 e. The molecule has 1 saturated heterocycles. The number of imidazole rings is 1. The second kappa shape index (κ2) is 6.07. The normalized spacial score (nSPS) is 23.7. The SMILES string of the molecule is CCCN1C(=O)CCCC(C(=O)O)C1c1cncn1C. The van der Waals surface area contributed by atoms with Crippen molar-refractivity contribution in [3.8, 4) is 0 Å². The van der Waals surface area contributed by atoms with Crippen molar-refractivity contribution >= 4 is 11.9 Å². The quantitative estimate of drug-likeness (QED) is 0.908. The Balaban J connectivity index is 2.46. The summed E-state index contributed by atoms with van der Waals surface area (Å²) in [5.74, 6) is -1.36. The minimum Gasteiger partial charge on any atom is -0.481 e. The van der Waals surface area contributed by atoms with E-state index < -0.39 is 17.9 Å². The number of nitrogens with zero attached hydrogens (tertiary/aromatic N) is 3. The van der Waals surface area contributed by atoms with Crippen LogP contribution in [0.1, 0.15) is 44.3 Å². The zero-order chi connectivity index (χ0) is 14.7. The summed E-state index contributed by atoms with van der Waals surface area (Å²) in [7, 11) is 1.83. The van der Waals surface area contributed by atoms with Crippen LogP contribution < -0.4 is 0 Å². The van der Waals surface area contributed by atoms with E-state index in [4.69, 9.17) is 0 Å². The van der Waals surface area contributed by atoms with Gasteiger partial charge in [0.15, 0.2) is 0 Å². The summed E-state index contributed by atoms with van der Waals surface area (Å²) in [6, 6.07) is -0.421. The third kappa shape index (κ3) is 2.69. The standard InChI is InChI=1S/C14H21N3O3/c1-3-7-17-12(18)6-4-5-10(14(19)20)13(17)11-8-15-9-16(11)2/h8-10,13H,3-7H2,1-2H3,(H,19,20). The van der Waals surface area contributed by atoms with Crippen molar-refractivity contribution in [3.63, 3.8) is 0 Å². The molecule has 20 heavy (non-hydrogen) atoms. The molecular formula is C14H21N3O3. The van der Waals surface area contributed by atoms with Crippen LogP contribution in [0.2, 0.25) is 0 Å². The van der Waals surface area contributed by atoms with Gasteiger partial charge in [0.1, 0.15) is 0 Å². The Morgan fingerprint density at radius 3 is 2.85 bits per heavy atom. The Kier molecular flexibility index (Phi) is 4.42. The van der Waals surface area contributed by atoms with Crippen LogP contribution in [0.15, 0.2) is 12.5 Å². The number of carboxylic acids is 1. The van der Waals surface area contributed by atoms with Gasteiger partial charge in [-0.15, -0.1) is 0 Å².